The number of rotatable bonds is 4. The molecule has 9 heteroatoms. The number of amides is 1. The van der Waals surface area contributed by atoms with Crippen LogP contribution >= 0.6 is 11.3 Å². The number of piperidine rings is 1. The molecule has 0 bridgehead atoms. The van der Waals surface area contributed by atoms with Gasteiger partial charge < -0.3 is 0 Å². The van der Waals surface area contributed by atoms with E-state index in [2.05, 4.69) is 15.5 Å². The van der Waals surface area contributed by atoms with Crippen molar-refractivity contribution in [2.45, 2.75) is 44.0 Å². The molecule has 1 saturated heterocycles. The molecule has 0 spiro atoms. The normalized spacial score (nSPS) is 18.9. The second-order valence-corrected chi connectivity index (χ2v) is 9.14. The number of carbonyl (C=O) groups is 1. The molecular formula is C16H20N4O3S2. The van der Waals surface area contributed by atoms with Crippen molar-refractivity contribution in [1.82, 2.24) is 14.5 Å². The van der Waals surface area contributed by atoms with E-state index in [-0.39, 0.29) is 16.5 Å². The van der Waals surface area contributed by atoms with Crippen LogP contribution in [0.15, 0.2) is 29.2 Å². The number of aromatic nitrogens is 2. The lowest BCUT2D eigenvalue weighted by Gasteiger charge is -2.32. The first kappa shape index (κ1) is 18.0. The average Bonchev–Trinajstić information content (AvgIpc) is 3.00. The average molecular weight is 380 g/mol. The zero-order valence-electron chi connectivity index (χ0n) is 14.1. The number of hydrogen-bond acceptors (Lipinski definition) is 6. The Morgan fingerprint density at radius 3 is 2.80 bits per heavy atom. The van der Waals surface area contributed by atoms with E-state index in [9.17, 15) is 13.2 Å². The van der Waals surface area contributed by atoms with Crippen LogP contribution < -0.4 is 5.32 Å². The molecule has 1 amide bonds. The molecule has 1 aliphatic heterocycles. The van der Waals surface area contributed by atoms with E-state index in [1.807, 2.05) is 6.92 Å². The number of aryl methyl sites for hydroxylation is 1. The van der Waals surface area contributed by atoms with Gasteiger partial charge in [0, 0.05) is 18.2 Å². The highest BCUT2D eigenvalue weighted by Crippen LogP contribution is 2.26. The summed E-state index contributed by atoms with van der Waals surface area (Å²) >= 11 is 1.26. The van der Waals surface area contributed by atoms with Crippen LogP contribution in [0.2, 0.25) is 0 Å². The number of sulfonamides is 1. The first-order valence-electron chi connectivity index (χ1n) is 8.11. The molecule has 1 unspecified atom stereocenters. The minimum Gasteiger partial charge on any atom is -0.296 e. The van der Waals surface area contributed by atoms with Gasteiger partial charge in [0.2, 0.25) is 15.2 Å². The molecule has 134 valence electrons. The minimum atomic E-state index is -3.61. The Labute approximate surface area is 151 Å². The summed E-state index contributed by atoms with van der Waals surface area (Å²) in [5, 5.41) is 11.5. The third kappa shape index (κ3) is 3.88. The van der Waals surface area contributed by atoms with Crippen LogP contribution in [0.25, 0.3) is 0 Å². The highest BCUT2D eigenvalue weighted by atomic mass is 32.2. The van der Waals surface area contributed by atoms with Gasteiger partial charge in [-0.05, 0) is 44.9 Å². The lowest BCUT2D eigenvalue weighted by Crippen LogP contribution is -2.41. The van der Waals surface area contributed by atoms with Crippen LogP contribution in [0, 0.1) is 6.92 Å². The predicted octanol–water partition coefficient (Wildman–Crippen LogP) is 2.66. The van der Waals surface area contributed by atoms with E-state index in [0.717, 1.165) is 24.3 Å². The molecule has 1 atom stereocenters. The Morgan fingerprint density at radius 2 is 2.12 bits per heavy atom. The van der Waals surface area contributed by atoms with Gasteiger partial charge >= 0.3 is 0 Å². The quantitative estimate of drug-likeness (QED) is 0.880. The molecule has 0 aliphatic carbocycles. The molecular weight excluding hydrogens is 360 g/mol. The van der Waals surface area contributed by atoms with Gasteiger partial charge in [0.05, 0.1) is 4.90 Å². The van der Waals surface area contributed by atoms with Crippen LogP contribution in [0.3, 0.4) is 0 Å². The third-order valence-electron chi connectivity index (χ3n) is 4.19. The van der Waals surface area contributed by atoms with E-state index in [0.29, 0.717) is 11.7 Å². The van der Waals surface area contributed by atoms with Gasteiger partial charge in [-0.15, -0.1) is 10.2 Å². The zero-order chi connectivity index (χ0) is 18.0. The summed E-state index contributed by atoms with van der Waals surface area (Å²) in [7, 11) is -3.61. The summed E-state index contributed by atoms with van der Waals surface area (Å²) < 4.78 is 27.3. The number of carbonyl (C=O) groups excluding carboxylic acids is 1. The monoisotopic (exact) mass is 380 g/mol. The van der Waals surface area contributed by atoms with E-state index in [1.54, 1.807) is 19.1 Å². The summed E-state index contributed by atoms with van der Waals surface area (Å²) in [4.78, 5) is 12.5. The van der Waals surface area contributed by atoms with Crippen molar-refractivity contribution in [3.63, 3.8) is 0 Å². The number of nitrogens with zero attached hydrogens (tertiary/aromatic N) is 3. The molecule has 7 nitrogen and oxygen atoms in total. The molecule has 2 aromatic rings. The van der Waals surface area contributed by atoms with Crippen LogP contribution in [0.5, 0.6) is 0 Å². The lowest BCUT2D eigenvalue weighted by atomic mass is 10.1. The standard InChI is InChI=1S/C16H20N4O3S2/c1-11-6-3-4-9-20(11)25(22,23)14-8-5-7-13(10-14)15(21)17-16-19-18-12(2)24-16/h5,7-8,10-11H,3-4,6,9H2,1-2H3,(H,17,19,21). The zero-order valence-corrected chi connectivity index (χ0v) is 15.7. The maximum absolute atomic E-state index is 12.9. The molecule has 1 N–H and O–H groups in total. The Hall–Kier alpha value is -1.84. The summed E-state index contributed by atoms with van der Waals surface area (Å²) in [5.41, 5.74) is 0.276. The summed E-state index contributed by atoms with van der Waals surface area (Å²) in [6.07, 6.45) is 2.76. The topological polar surface area (TPSA) is 92.3 Å². The van der Waals surface area contributed by atoms with Gasteiger partial charge in [0.15, 0.2) is 0 Å². The fourth-order valence-corrected chi connectivity index (χ4v) is 5.21. The Kier molecular flexibility index (Phi) is 5.16. The summed E-state index contributed by atoms with van der Waals surface area (Å²) in [6, 6.07) is 6.09. The number of anilines is 1. The Morgan fingerprint density at radius 1 is 1.32 bits per heavy atom. The highest BCUT2D eigenvalue weighted by molar-refractivity contribution is 7.89. The van der Waals surface area contributed by atoms with Gasteiger partial charge in [-0.2, -0.15) is 4.31 Å². The molecule has 1 aromatic heterocycles. The van der Waals surface area contributed by atoms with Gasteiger partial charge in [0.1, 0.15) is 5.01 Å². The van der Waals surface area contributed by atoms with Gasteiger partial charge in [0.25, 0.3) is 5.91 Å². The first-order chi connectivity index (χ1) is 11.9. The fourth-order valence-electron chi connectivity index (χ4n) is 2.88. The maximum atomic E-state index is 12.9. The molecule has 0 radical (unpaired) electrons. The minimum absolute atomic E-state index is 0.0272. The fraction of sp³-hybridized carbons (Fsp3) is 0.438. The van der Waals surface area contributed by atoms with Crippen molar-refractivity contribution in [2.24, 2.45) is 0 Å². The van der Waals surface area contributed by atoms with Crippen LogP contribution in [0.1, 0.15) is 41.6 Å². The largest absolute Gasteiger partial charge is 0.296 e. The highest BCUT2D eigenvalue weighted by Gasteiger charge is 2.31. The van der Waals surface area contributed by atoms with E-state index in [4.69, 9.17) is 0 Å². The Bertz CT molecular complexity index is 879. The molecule has 1 aliphatic rings. The van der Waals surface area contributed by atoms with Gasteiger partial charge in [-0.25, -0.2) is 8.42 Å². The van der Waals surface area contributed by atoms with Crippen LogP contribution in [0.4, 0.5) is 5.13 Å². The lowest BCUT2D eigenvalue weighted by molar-refractivity contribution is 0.102. The second-order valence-electron chi connectivity index (χ2n) is 6.07. The molecule has 0 saturated carbocycles. The number of benzene rings is 1. The van der Waals surface area contributed by atoms with E-state index < -0.39 is 15.9 Å². The smallest absolute Gasteiger partial charge is 0.257 e. The molecule has 3 rings (SSSR count). The van der Waals surface area contributed by atoms with E-state index >= 15 is 0 Å². The first-order valence-corrected chi connectivity index (χ1v) is 10.4. The molecule has 1 fully saturated rings. The summed E-state index contributed by atoms with van der Waals surface area (Å²) in [5.74, 6) is -0.403. The number of hydrogen-bond donors (Lipinski definition) is 1. The third-order valence-corrected chi connectivity index (χ3v) is 6.96. The number of nitrogens with one attached hydrogen (secondary N) is 1. The van der Waals surface area contributed by atoms with Crippen molar-refractivity contribution in [3.05, 3.63) is 34.8 Å². The molecule has 25 heavy (non-hydrogen) atoms. The van der Waals surface area contributed by atoms with Gasteiger partial charge in [-0.1, -0.05) is 23.8 Å². The second kappa shape index (κ2) is 7.19. The SMILES string of the molecule is Cc1nnc(NC(=O)c2cccc(S(=O)(=O)N3CCCCC3C)c2)s1. The van der Waals surface area contributed by atoms with Crippen LogP contribution in [-0.2, 0) is 10.0 Å². The van der Waals surface area contributed by atoms with Gasteiger partial charge in [-0.3, -0.25) is 10.1 Å². The Balaban J connectivity index is 1.84. The van der Waals surface area contributed by atoms with Crippen molar-refractivity contribution in [2.75, 3.05) is 11.9 Å². The van der Waals surface area contributed by atoms with Crippen LogP contribution in [-0.4, -0.2) is 41.4 Å². The van der Waals surface area contributed by atoms with Crippen molar-refractivity contribution < 1.29 is 13.2 Å². The van der Waals surface area contributed by atoms with Crippen molar-refractivity contribution >= 4 is 32.4 Å². The summed E-state index contributed by atoms with van der Waals surface area (Å²) in [6.45, 7) is 4.23. The maximum Gasteiger partial charge on any atom is 0.257 e. The molecule has 1 aromatic carbocycles. The van der Waals surface area contributed by atoms with Crippen molar-refractivity contribution in [3.8, 4) is 0 Å². The van der Waals surface area contributed by atoms with E-state index in [1.165, 1.54) is 27.8 Å². The predicted molar refractivity (Wildman–Crippen MR) is 96.2 cm³/mol. The molecule has 2 heterocycles. The van der Waals surface area contributed by atoms with Crippen molar-refractivity contribution in [1.29, 1.82) is 0 Å².